The number of rotatable bonds is 10. The van der Waals surface area contributed by atoms with Crippen molar-refractivity contribution in [3.63, 3.8) is 0 Å². The summed E-state index contributed by atoms with van der Waals surface area (Å²) in [5.41, 5.74) is -1.92. The van der Waals surface area contributed by atoms with Gasteiger partial charge in [-0.25, -0.2) is 0 Å². The van der Waals surface area contributed by atoms with Crippen molar-refractivity contribution in [1.82, 2.24) is 0 Å². The van der Waals surface area contributed by atoms with Crippen molar-refractivity contribution in [2.75, 3.05) is 13.2 Å². The van der Waals surface area contributed by atoms with Crippen LogP contribution in [-0.4, -0.2) is 150 Å². The van der Waals surface area contributed by atoms with Crippen molar-refractivity contribution < 1.29 is 70.0 Å². The van der Waals surface area contributed by atoms with Gasteiger partial charge in [0, 0.05) is 0 Å². The molecule has 14 heteroatoms. The maximum Gasteiger partial charge on any atom is 0.187 e. The molecule has 0 aromatic rings. The van der Waals surface area contributed by atoms with Crippen molar-refractivity contribution in [2.24, 2.45) is 45.3 Å². The van der Waals surface area contributed by atoms with Crippen LogP contribution < -0.4 is 0 Å². The van der Waals surface area contributed by atoms with Gasteiger partial charge in [-0.15, -0.1) is 0 Å². The Labute approximate surface area is 331 Å². The summed E-state index contributed by atoms with van der Waals surface area (Å²) in [6.45, 7) is 15.7. The highest BCUT2D eigenvalue weighted by molar-refractivity contribution is 5.22. The number of hydrogen-bond acceptors (Lipinski definition) is 14. The second-order valence-electron chi connectivity index (χ2n) is 20.2. The lowest BCUT2D eigenvalue weighted by atomic mass is 9.34. The highest BCUT2D eigenvalue weighted by Gasteiger charge is 2.74. The van der Waals surface area contributed by atoms with Crippen molar-refractivity contribution >= 4 is 0 Å². The Kier molecular flexibility index (Phi) is 12.7. The molecule has 0 radical (unpaired) electrons. The summed E-state index contributed by atoms with van der Waals surface area (Å²) < 4.78 is 25.4. The fraction of sp³-hybridized carbons (Fsp3) is 0.952. The molecule has 2 heterocycles. The first-order valence-electron chi connectivity index (χ1n) is 21.0. The zero-order valence-corrected chi connectivity index (χ0v) is 34.6. The molecule has 56 heavy (non-hydrogen) atoms. The van der Waals surface area contributed by atoms with E-state index in [0.29, 0.717) is 44.9 Å². The van der Waals surface area contributed by atoms with Gasteiger partial charge in [0.15, 0.2) is 12.6 Å². The van der Waals surface area contributed by atoms with Crippen LogP contribution >= 0.6 is 0 Å². The van der Waals surface area contributed by atoms with Gasteiger partial charge in [-0.2, -0.15) is 0 Å². The molecule has 14 nitrogen and oxygen atoms in total. The van der Waals surface area contributed by atoms with Crippen molar-refractivity contribution in [3.8, 4) is 0 Å². The van der Waals surface area contributed by atoms with Crippen LogP contribution in [0.1, 0.15) is 107 Å². The average Bonchev–Trinajstić information content (AvgIpc) is 3.52. The molecule has 4 saturated carbocycles. The molecule has 0 aromatic carbocycles. The lowest BCUT2D eigenvalue weighted by Crippen LogP contribution is -2.71. The number of aliphatic hydroxyl groups excluding tert-OH is 10. The average molecular weight is 801 g/mol. The van der Waals surface area contributed by atoms with Crippen LogP contribution in [0.5, 0.6) is 0 Å². The van der Waals surface area contributed by atoms with E-state index in [2.05, 4.69) is 26.8 Å². The molecule has 0 unspecified atom stereocenters. The summed E-state index contributed by atoms with van der Waals surface area (Å²) in [4.78, 5) is 0. The van der Waals surface area contributed by atoms with Gasteiger partial charge in [0.2, 0.25) is 0 Å². The third-order valence-corrected chi connectivity index (χ3v) is 16.6. The monoisotopic (exact) mass is 800 g/mol. The third-order valence-electron chi connectivity index (χ3n) is 16.6. The quantitative estimate of drug-likeness (QED) is 0.110. The Morgan fingerprint density at radius 2 is 1.32 bits per heavy atom. The summed E-state index contributed by atoms with van der Waals surface area (Å²) in [5.74, 6) is -0.781. The maximum absolute atomic E-state index is 12.6. The van der Waals surface area contributed by atoms with Crippen LogP contribution in [0.15, 0.2) is 11.6 Å². The predicted octanol–water partition coefficient (Wildman–Crippen LogP) is 1.12. The standard InChI is InChI=1S/C42H72O14/c1-20(2)10-9-13-42(8,56-37-34(52)32(50)30(48)25(19-44)55-37)21-11-15-40(6)28(21)22(45)16-26-39(5)14-12-27(46)38(3,4)35(39)23(17-41(26,40)7)53-36-33(51)31(49)29(47)24(18-43)54-36/h10,21-37,43-52H,9,11-19H2,1-8H3/t21-,22+,23+,24+,25-,26+,27+,28-,29+,30-,31-,32+,33+,34-,35+,36-,37+,39+,40+,41+,42-/m0/s1. The summed E-state index contributed by atoms with van der Waals surface area (Å²) in [6, 6.07) is 0. The minimum atomic E-state index is -1.61. The Bertz CT molecular complexity index is 1400. The second-order valence-corrected chi connectivity index (χ2v) is 20.2. The molecule has 21 atom stereocenters. The van der Waals surface area contributed by atoms with Crippen molar-refractivity contribution in [2.45, 2.75) is 192 Å². The Balaban J connectivity index is 1.39. The van der Waals surface area contributed by atoms with Crippen LogP contribution in [0.2, 0.25) is 0 Å². The summed E-state index contributed by atoms with van der Waals surface area (Å²) >= 11 is 0. The molecule has 0 bridgehead atoms. The van der Waals surface area contributed by atoms with Crippen LogP contribution in [0.25, 0.3) is 0 Å². The van der Waals surface area contributed by atoms with Crippen LogP contribution in [-0.2, 0) is 18.9 Å². The molecular formula is C42H72O14. The minimum absolute atomic E-state index is 0.000258. The first-order valence-corrected chi connectivity index (χ1v) is 21.0. The smallest absolute Gasteiger partial charge is 0.187 e. The molecule has 2 aliphatic heterocycles. The summed E-state index contributed by atoms with van der Waals surface area (Å²) in [7, 11) is 0. The summed E-state index contributed by atoms with van der Waals surface area (Å²) in [5, 5.41) is 109. The molecule has 2 saturated heterocycles. The highest BCUT2D eigenvalue weighted by atomic mass is 16.7. The van der Waals surface area contributed by atoms with Gasteiger partial charge in [-0.05, 0) is 117 Å². The van der Waals surface area contributed by atoms with E-state index in [1.807, 2.05) is 34.6 Å². The van der Waals surface area contributed by atoms with Crippen LogP contribution in [0.3, 0.4) is 0 Å². The van der Waals surface area contributed by atoms with Crippen molar-refractivity contribution in [3.05, 3.63) is 11.6 Å². The molecular weight excluding hydrogens is 728 g/mol. The third kappa shape index (κ3) is 7.06. The van der Waals surface area contributed by atoms with Gasteiger partial charge in [-0.1, -0.05) is 46.3 Å². The topological polar surface area (TPSA) is 239 Å². The molecule has 0 spiro atoms. The number of allylic oxidation sites excluding steroid dienone is 2. The maximum atomic E-state index is 12.6. The first-order chi connectivity index (χ1) is 26.0. The molecule has 6 fully saturated rings. The van der Waals surface area contributed by atoms with E-state index in [9.17, 15) is 51.1 Å². The number of aliphatic hydroxyl groups is 10. The Hall–Kier alpha value is -0.820. The molecule has 6 rings (SSSR count). The van der Waals surface area contributed by atoms with Gasteiger partial charge in [0.1, 0.15) is 48.8 Å². The predicted molar refractivity (Wildman–Crippen MR) is 202 cm³/mol. The molecule has 0 aromatic heterocycles. The fourth-order valence-electron chi connectivity index (χ4n) is 13.5. The number of hydrogen-bond donors (Lipinski definition) is 10. The zero-order valence-electron chi connectivity index (χ0n) is 34.6. The van der Waals surface area contributed by atoms with E-state index in [-0.39, 0.29) is 23.7 Å². The van der Waals surface area contributed by atoms with E-state index in [4.69, 9.17) is 18.9 Å². The van der Waals surface area contributed by atoms with Crippen molar-refractivity contribution in [1.29, 1.82) is 0 Å². The highest BCUT2D eigenvalue weighted by Crippen LogP contribution is 2.76. The van der Waals surface area contributed by atoms with Gasteiger partial charge >= 0.3 is 0 Å². The van der Waals surface area contributed by atoms with Gasteiger partial charge in [-0.3, -0.25) is 0 Å². The van der Waals surface area contributed by atoms with E-state index in [0.717, 1.165) is 12.0 Å². The largest absolute Gasteiger partial charge is 0.394 e. The van der Waals surface area contributed by atoms with Crippen LogP contribution in [0.4, 0.5) is 0 Å². The minimum Gasteiger partial charge on any atom is -0.394 e. The molecule has 6 aliphatic rings. The SMILES string of the molecule is CC(C)=CCC[C@](C)(O[C@H]1O[C@@H](CO)[C@H](O)[C@@H](O)[C@@H]1O)[C@H]1CC[C@]2(C)[C@@H]1[C@H](O)C[C@@H]1[C@@]3(C)CC[C@@H](O)C(C)(C)[C@H]3[C@H](O[C@H]3O[C@H](CO)[C@@H](O)[C@H](O)[C@H]3O)C[C@]12C. The molecule has 4 aliphatic carbocycles. The van der Waals surface area contributed by atoms with E-state index in [1.165, 1.54) is 0 Å². The number of fused-ring (bicyclic) bond motifs is 5. The summed E-state index contributed by atoms with van der Waals surface area (Å²) in [6.07, 6.45) is -9.52. The zero-order chi connectivity index (χ0) is 41.5. The van der Waals surface area contributed by atoms with Gasteiger partial charge < -0.3 is 70.0 Å². The van der Waals surface area contributed by atoms with E-state index < -0.39 is 120 Å². The Morgan fingerprint density at radius 1 is 0.750 bits per heavy atom. The van der Waals surface area contributed by atoms with E-state index >= 15 is 0 Å². The fourth-order valence-corrected chi connectivity index (χ4v) is 13.5. The van der Waals surface area contributed by atoms with E-state index in [1.54, 1.807) is 0 Å². The lowest BCUT2D eigenvalue weighted by Gasteiger charge is -2.72. The number of ether oxygens (including phenoxy) is 4. The van der Waals surface area contributed by atoms with Gasteiger partial charge in [0.05, 0.1) is 37.1 Å². The molecule has 0 amide bonds. The van der Waals surface area contributed by atoms with Gasteiger partial charge in [0.25, 0.3) is 0 Å². The second kappa shape index (κ2) is 15.9. The van der Waals surface area contributed by atoms with Crippen LogP contribution in [0, 0.1) is 45.3 Å². The Morgan fingerprint density at radius 3 is 1.89 bits per heavy atom. The molecule has 10 N–H and O–H groups in total. The lowest BCUT2D eigenvalue weighted by molar-refractivity contribution is -0.349. The first kappa shape index (κ1) is 44.7. The molecule has 324 valence electrons. The normalized spacial score (nSPS) is 52.6.